The molecular formula is C12H21N. The number of rotatable bonds is 4. The van der Waals surface area contributed by atoms with Crippen LogP contribution in [0.5, 0.6) is 0 Å². The summed E-state index contributed by atoms with van der Waals surface area (Å²) in [5, 5.41) is 3.58. The molecule has 0 amide bonds. The fourth-order valence-electron chi connectivity index (χ4n) is 2.69. The molecule has 1 saturated carbocycles. The third kappa shape index (κ3) is 2.14. The molecule has 2 bridgehead atoms. The zero-order valence-corrected chi connectivity index (χ0v) is 8.79. The van der Waals surface area contributed by atoms with Crippen LogP contribution in [0.1, 0.15) is 26.7 Å². The Hall–Kier alpha value is -0.300. The van der Waals surface area contributed by atoms with Gasteiger partial charge in [0.05, 0.1) is 0 Å². The normalized spacial score (nSPS) is 36.4. The molecule has 1 fully saturated rings. The lowest BCUT2D eigenvalue weighted by atomic mass is 9.93. The van der Waals surface area contributed by atoms with Gasteiger partial charge in [-0.3, -0.25) is 0 Å². The molecule has 0 aromatic rings. The van der Waals surface area contributed by atoms with Crippen molar-refractivity contribution < 1.29 is 0 Å². The summed E-state index contributed by atoms with van der Waals surface area (Å²) in [6.07, 6.45) is 7.74. The van der Waals surface area contributed by atoms with Gasteiger partial charge in [-0.15, -0.1) is 0 Å². The van der Waals surface area contributed by atoms with E-state index in [0.717, 1.165) is 23.7 Å². The fourth-order valence-corrected chi connectivity index (χ4v) is 2.69. The molecule has 2 rings (SSSR count). The van der Waals surface area contributed by atoms with Crippen LogP contribution >= 0.6 is 0 Å². The molecule has 0 unspecified atom stereocenters. The third-order valence-electron chi connectivity index (χ3n) is 3.38. The molecule has 0 spiro atoms. The van der Waals surface area contributed by atoms with Crippen LogP contribution in [0.2, 0.25) is 0 Å². The zero-order valence-electron chi connectivity index (χ0n) is 8.79. The molecule has 2 aliphatic rings. The van der Waals surface area contributed by atoms with Crippen molar-refractivity contribution in [2.75, 3.05) is 13.1 Å². The number of allylic oxidation sites excluding steroid dienone is 2. The highest BCUT2D eigenvalue weighted by Gasteiger charge is 2.34. The first-order valence-electron chi connectivity index (χ1n) is 5.64. The molecular weight excluding hydrogens is 158 g/mol. The van der Waals surface area contributed by atoms with Crippen molar-refractivity contribution >= 4 is 0 Å². The minimum Gasteiger partial charge on any atom is -0.316 e. The SMILES string of the molecule is CC(C)CNC[C@H]1C[C@@H]2C=C[C@H]1C2. The Morgan fingerprint density at radius 2 is 2.15 bits per heavy atom. The second-order valence-electron chi connectivity index (χ2n) is 5.09. The summed E-state index contributed by atoms with van der Waals surface area (Å²) < 4.78 is 0. The number of hydrogen-bond acceptors (Lipinski definition) is 1. The summed E-state index contributed by atoms with van der Waals surface area (Å²) in [5.41, 5.74) is 0. The van der Waals surface area contributed by atoms with Crippen LogP contribution in [0, 0.1) is 23.7 Å². The van der Waals surface area contributed by atoms with Gasteiger partial charge in [-0.1, -0.05) is 26.0 Å². The van der Waals surface area contributed by atoms with Crippen molar-refractivity contribution in [1.82, 2.24) is 5.32 Å². The quantitative estimate of drug-likeness (QED) is 0.654. The van der Waals surface area contributed by atoms with Gasteiger partial charge in [-0.2, -0.15) is 0 Å². The Balaban J connectivity index is 1.69. The average molecular weight is 179 g/mol. The van der Waals surface area contributed by atoms with E-state index in [1.165, 1.54) is 25.9 Å². The van der Waals surface area contributed by atoms with E-state index in [4.69, 9.17) is 0 Å². The Morgan fingerprint density at radius 3 is 2.69 bits per heavy atom. The van der Waals surface area contributed by atoms with E-state index in [0.29, 0.717) is 0 Å². The predicted molar refractivity (Wildman–Crippen MR) is 56.6 cm³/mol. The van der Waals surface area contributed by atoms with Gasteiger partial charge in [-0.05, 0) is 49.6 Å². The molecule has 0 saturated heterocycles. The van der Waals surface area contributed by atoms with Gasteiger partial charge in [-0.25, -0.2) is 0 Å². The highest BCUT2D eigenvalue weighted by Crippen LogP contribution is 2.42. The van der Waals surface area contributed by atoms with Crippen molar-refractivity contribution in [2.24, 2.45) is 23.7 Å². The monoisotopic (exact) mass is 179 g/mol. The molecule has 0 heterocycles. The lowest BCUT2D eigenvalue weighted by molar-refractivity contribution is 0.400. The van der Waals surface area contributed by atoms with E-state index < -0.39 is 0 Å². The fraction of sp³-hybridized carbons (Fsp3) is 0.833. The third-order valence-corrected chi connectivity index (χ3v) is 3.38. The summed E-state index contributed by atoms with van der Waals surface area (Å²) in [7, 11) is 0. The molecule has 0 radical (unpaired) electrons. The summed E-state index contributed by atoms with van der Waals surface area (Å²) in [5.74, 6) is 3.56. The Kier molecular flexibility index (Phi) is 2.73. The van der Waals surface area contributed by atoms with Crippen LogP contribution in [-0.4, -0.2) is 13.1 Å². The molecule has 1 heteroatoms. The lowest BCUT2D eigenvalue weighted by Crippen LogP contribution is -2.28. The van der Waals surface area contributed by atoms with E-state index in [1.807, 2.05) is 0 Å². The van der Waals surface area contributed by atoms with Crippen molar-refractivity contribution in [3.63, 3.8) is 0 Å². The Bertz CT molecular complexity index is 195. The van der Waals surface area contributed by atoms with Crippen LogP contribution in [0.3, 0.4) is 0 Å². The first kappa shape index (κ1) is 9.26. The lowest BCUT2D eigenvalue weighted by Gasteiger charge is -2.19. The predicted octanol–water partition coefficient (Wildman–Crippen LogP) is 2.44. The number of nitrogens with one attached hydrogen (secondary N) is 1. The maximum atomic E-state index is 3.58. The standard InChI is InChI=1S/C12H21N/c1-9(2)7-13-8-12-6-10-3-4-11(12)5-10/h3-4,9-13H,5-8H2,1-2H3/t10-,11+,12-/m1/s1. The van der Waals surface area contributed by atoms with Crippen molar-refractivity contribution in [2.45, 2.75) is 26.7 Å². The molecule has 0 aromatic heterocycles. The van der Waals surface area contributed by atoms with Gasteiger partial charge < -0.3 is 5.32 Å². The van der Waals surface area contributed by atoms with Gasteiger partial charge in [0, 0.05) is 0 Å². The van der Waals surface area contributed by atoms with E-state index in [1.54, 1.807) is 0 Å². The van der Waals surface area contributed by atoms with Gasteiger partial charge in [0.15, 0.2) is 0 Å². The first-order valence-corrected chi connectivity index (χ1v) is 5.64. The smallest absolute Gasteiger partial charge is 0.00146 e. The summed E-state index contributed by atoms with van der Waals surface area (Å²) in [6.45, 7) is 6.96. The highest BCUT2D eigenvalue weighted by molar-refractivity contribution is 5.10. The second kappa shape index (κ2) is 3.83. The summed E-state index contributed by atoms with van der Waals surface area (Å²) in [6, 6.07) is 0. The maximum absolute atomic E-state index is 3.58. The Morgan fingerprint density at radius 1 is 1.31 bits per heavy atom. The molecule has 0 aromatic carbocycles. The van der Waals surface area contributed by atoms with Crippen LogP contribution in [-0.2, 0) is 0 Å². The van der Waals surface area contributed by atoms with E-state index in [9.17, 15) is 0 Å². The minimum absolute atomic E-state index is 0.786. The van der Waals surface area contributed by atoms with E-state index in [-0.39, 0.29) is 0 Å². The zero-order chi connectivity index (χ0) is 9.26. The number of fused-ring (bicyclic) bond motifs is 2. The minimum atomic E-state index is 0.786. The molecule has 1 nitrogen and oxygen atoms in total. The molecule has 74 valence electrons. The van der Waals surface area contributed by atoms with Crippen molar-refractivity contribution in [1.29, 1.82) is 0 Å². The van der Waals surface area contributed by atoms with Gasteiger partial charge >= 0.3 is 0 Å². The molecule has 13 heavy (non-hydrogen) atoms. The topological polar surface area (TPSA) is 12.0 Å². The molecule has 0 aliphatic heterocycles. The molecule has 3 atom stereocenters. The van der Waals surface area contributed by atoms with Crippen LogP contribution < -0.4 is 5.32 Å². The van der Waals surface area contributed by atoms with Crippen LogP contribution in [0.15, 0.2) is 12.2 Å². The van der Waals surface area contributed by atoms with Crippen molar-refractivity contribution in [3.05, 3.63) is 12.2 Å². The highest BCUT2D eigenvalue weighted by atomic mass is 14.9. The average Bonchev–Trinajstić information content (AvgIpc) is 2.64. The largest absolute Gasteiger partial charge is 0.316 e. The van der Waals surface area contributed by atoms with Gasteiger partial charge in [0.25, 0.3) is 0 Å². The number of hydrogen-bond donors (Lipinski definition) is 1. The molecule has 1 N–H and O–H groups in total. The van der Waals surface area contributed by atoms with Crippen LogP contribution in [0.25, 0.3) is 0 Å². The first-order chi connectivity index (χ1) is 6.25. The second-order valence-corrected chi connectivity index (χ2v) is 5.09. The van der Waals surface area contributed by atoms with Gasteiger partial charge in [0.1, 0.15) is 0 Å². The van der Waals surface area contributed by atoms with Gasteiger partial charge in [0.2, 0.25) is 0 Å². The summed E-state index contributed by atoms with van der Waals surface area (Å²) >= 11 is 0. The van der Waals surface area contributed by atoms with Crippen LogP contribution in [0.4, 0.5) is 0 Å². The van der Waals surface area contributed by atoms with E-state index >= 15 is 0 Å². The summed E-state index contributed by atoms with van der Waals surface area (Å²) in [4.78, 5) is 0. The van der Waals surface area contributed by atoms with E-state index in [2.05, 4.69) is 31.3 Å². The van der Waals surface area contributed by atoms with Crippen molar-refractivity contribution in [3.8, 4) is 0 Å². The Labute approximate surface area is 81.6 Å². The maximum Gasteiger partial charge on any atom is -0.00146 e. The molecule has 2 aliphatic carbocycles.